The molecule has 4 heterocycles. The van der Waals surface area contributed by atoms with Crippen LogP contribution in [0.1, 0.15) is 30.1 Å². The molecule has 2 aliphatic heterocycles. The summed E-state index contributed by atoms with van der Waals surface area (Å²) in [7, 11) is 0. The standard InChI is InChI=1S/C25H23F3N6O7S2/c26-25(27,28)12-3-1-11(2-4-12)14(35)9-29-19-21(38)33-20(23(39)40)13(10-42-22(19)33)15(5-8-18(36)37)43-17-7-6-16-30-31-24(41)34(16)32-17/h1-4,6-7,14-15,19,22,29,35H,5,8-10H2,(H,31,41)(H,36,37)(H,39,40)/t14?,15?,19?,22-/m0/s1. The Morgan fingerprint density at radius 1 is 1.16 bits per heavy atom. The molecular weight excluding hydrogens is 617 g/mol. The maximum Gasteiger partial charge on any atom is 0.416 e. The van der Waals surface area contributed by atoms with Crippen molar-refractivity contribution in [3.05, 3.63) is 69.3 Å². The number of carbonyl (C=O) groups excluding carboxylic acids is 1. The molecule has 5 rings (SSSR count). The van der Waals surface area contributed by atoms with Crippen molar-refractivity contribution in [3.8, 4) is 0 Å². The van der Waals surface area contributed by atoms with Crippen LogP contribution in [0.5, 0.6) is 0 Å². The van der Waals surface area contributed by atoms with Gasteiger partial charge in [0.15, 0.2) is 5.65 Å². The molecule has 1 fully saturated rings. The molecule has 2 aromatic heterocycles. The number of aliphatic carboxylic acids is 2. The zero-order chi connectivity index (χ0) is 31.1. The fourth-order valence-electron chi connectivity index (χ4n) is 4.75. The first-order chi connectivity index (χ1) is 20.3. The lowest BCUT2D eigenvalue weighted by Gasteiger charge is -2.50. The van der Waals surface area contributed by atoms with Gasteiger partial charge in [-0.1, -0.05) is 23.9 Å². The smallest absolute Gasteiger partial charge is 0.416 e. The van der Waals surface area contributed by atoms with Gasteiger partial charge in [-0.25, -0.2) is 14.7 Å². The normalized spacial score (nSPS) is 20.1. The van der Waals surface area contributed by atoms with E-state index < -0.39 is 58.0 Å². The van der Waals surface area contributed by atoms with E-state index >= 15 is 0 Å². The predicted molar refractivity (Wildman–Crippen MR) is 146 cm³/mol. The van der Waals surface area contributed by atoms with Gasteiger partial charge in [0.05, 0.1) is 11.7 Å². The fraction of sp³-hybridized carbons (Fsp3) is 0.360. The van der Waals surface area contributed by atoms with Gasteiger partial charge in [-0.15, -0.1) is 11.8 Å². The predicted octanol–water partition coefficient (Wildman–Crippen LogP) is 1.71. The van der Waals surface area contributed by atoms with Crippen LogP contribution in [0.4, 0.5) is 13.2 Å². The number of H-pyrrole nitrogens is 1. The second-order valence-electron chi connectivity index (χ2n) is 9.62. The van der Waals surface area contributed by atoms with E-state index in [2.05, 4.69) is 20.6 Å². The van der Waals surface area contributed by atoms with Gasteiger partial charge < -0.3 is 20.6 Å². The van der Waals surface area contributed by atoms with Gasteiger partial charge in [0.25, 0.3) is 0 Å². The topological polar surface area (TPSA) is 190 Å². The molecule has 0 spiro atoms. The quantitative estimate of drug-likeness (QED) is 0.151. The number of halogens is 3. The average Bonchev–Trinajstić information content (AvgIpc) is 3.33. The van der Waals surface area contributed by atoms with Crippen molar-refractivity contribution in [2.75, 3.05) is 12.3 Å². The number of benzene rings is 1. The van der Waals surface area contributed by atoms with Crippen molar-refractivity contribution in [2.24, 2.45) is 0 Å². The summed E-state index contributed by atoms with van der Waals surface area (Å²) in [5, 5.41) is 42.0. The first-order valence-corrected chi connectivity index (χ1v) is 14.6. The lowest BCUT2D eigenvalue weighted by Crippen LogP contribution is -2.70. The van der Waals surface area contributed by atoms with E-state index in [1.807, 2.05) is 0 Å². The Balaban J connectivity index is 1.33. The number of β-lactam (4-membered cyclic amide) rings is 1. The Kier molecular flexibility index (Phi) is 8.55. The van der Waals surface area contributed by atoms with Gasteiger partial charge in [-0.2, -0.15) is 27.9 Å². The number of amides is 1. The highest BCUT2D eigenvalue weighted by atomic mass is 32.2. The van der Waals surface area contributed by atoms with E-state index in [-0.39, 0.29) is 42.0 Å². The number of aliphatic hydroxyl groups excluding tert-OH is 1. The number of carboxylic acids is 2. The van der Waals surface area contributed by atoms with Crippen LogP contribution in [0.25, 0.3) is 5.65 Å². The van der Waals surface area contributed by atoms with E-state index in [9.17, 15) is 47.7 Å². The van der Waals surface area contributed by atoms with Crippen LogP contribution < -0.4 is 11.0 Å². The summed E-state index contributed by atoms with van der Waals surface area (Å²) in [6.07, 6.45) is -6.03. The number of carboxylic acid groups (broad SMARTS) is 2. The molecular formula is C25H23F3N6O7S2. The number of fused-ring (bicyclic) bond motifs is 2. The third-order valence-corrected chi connectivity index (χ3v) is 9.44. The number of aromatic amines is 1. The zero-order valence-electron chi connectivity index (χ0n) is 21.8. The molecule has 5 N–H and O–H groups in total. The van der Waals surface area contributed by atoms with Crippen molar-refractivity contribution < 1.29 is 42.9 Å². The maximum absolute atomic E-state index is 13.1. The number of alkyl halides is 3. The number of nitrogens with zero attached hydrogens (tertiary/aromatic N) is 4. The highest BCUT2D eigenvalue weighted by Crippen LogP contribution is 2.44. The molecule has 228 valence electrons. The number of thioether (sulfide) groups is 2. The Morgan fingerprint density at radius 3 is 2.53 bits per heavy atom. The van der Waals surface area contributed by atoms with Gasteiger partial charge in [-0.3, -0.25) is 14.5 Å². The second kappa shape index (κ2) is 12.0. The van der Waals surface area contributed by atoms with Crippen molar-refractivity contribution in [1.29, 1.82) is 0 Å². The van der Waals surface area contributed by atoms with Crippen molar-refractivity contribution >= 4 is 47.0 Å². The lowest BCUT2D eigenvalue weighted by atomic mass is 9.99. The summed E-state index contributed by atoms with van der Waals surface area (Å²) in [6, 6.07) is 6.18. The van der Waals surface area contributed by atoms with Crippen molar-refractivity contribution in [2.45, 2.75) is 46.8 Å². The number of aliphatic hydroxyl groups is 1. The molecule has 2 aliphatic rings. The largest absolute Gasteiger partial charge is 0.481 e. The van der Waals surface area contributed by atoms with Crippen molar-refractivity contribution in [3.63, 3.8) is 0 Å². The lowest BCUT2D eigenvalue weighted by molar-refractivity contribution is -0.149. The van der Waals surface area contributed by atoms with Crippen LogP contribution >= 0.6 is 23.5 Å². The van der Waals surface area contributed by atoms with E-state index in [0.717, 1.165) is 45.4 Å². The Labute approximate surface area is 248 Å². The molecule has 1 aromatic carbocycles. The van der Waals surface area contributed by atoms with Crippen LogP contribution in [0.2, 0.25) is 0 Å². The Morgan fingerprint density at radius 2 is 1.88 bits per heavy atom. The van der Waals surface area contributed by atoms with E-state index in [1.165, 1.54) is 17.8 Å². The number of carbonyl (C=O) groups is 3. The molecule has 1 amide bonds. The van der Waals surface area contributed by atoms with Crippen LogP contribution in [-0.2, 0) is 20.6 Å². The van der Waals surface area contributed by atoms with Crippen molar-refractivity contribution in [1.82, 2.24) is 30.0 Å². The molecule has 43 heavy (non-hydrogen) atoms. The fourth-order valence-corrected chi connectivity index (χ4v) is 7.45. The summed E-state index contributed by atoms with van der Waals surface area (Å²) in [5.74, 6) is -2.93. The van der Waals surface area contributed by atoms with Crippen LogP contribution in [0.3, 0.4) is 0 Å². The minimum Gasteiger partial charge on any atom is -0.481 e. The molecule has 0 bridgehead atoms. The molecule has 0 radical (unpaired) electrons. The monoisotopic (exact) mass is 640 g/mol. The molecule has 0 saturated carbocycles. The van der Waals surface area contributed by atoms with Crippen LogP contribution in [-0.4, -0.2) is 86.8 Å². The number of rotatable bonds is 11. The van der Waals surface area contributed by atoms with Crippen LogP contribution in [0.15, 0.2) is 57.5 Å². The number of hydrogen-bond acceptors (Lipinski definition) is 10. The van der Waals surface area contributed by atoms with E-state index in [1.54, 1.807) is 6.07 Å². The molecule has 18 heteroatoms. The maximum atomic E-state index is 13.1. The summed E-state index contributed by atoms with van der Waals surface area (Å²) in [4.78, 5) is 50.0. The second-order valence-corrected chi connectivity index (χ2v) is 11.9. The highest BCUT2D eigenvalue weighted by Gasteiger charge is 2.54. The molecule has 13 nitrogen and oxygen atoms in total. The van der Waals surface area contributed by atoms with Gasteiger partial charge in [0, 0.05) is 24.0 Å². The molecule has 3 unspecified atom stereocenters. The number of aromatic nitrogens is 4. The minimum absolute atomic E-state index is 0.0143. The molecule has 1 saturated heterocycles. The highest BCUT2D eigenvalue weighted by molar-refractivity contribution is 8.01. The SMILES string of the molecule is O=C(O)CCC(Sc1ccc2n[nH]c(=O)n2n1)C1=C(C(=O)O)N2C(=O)C(NCC(O)c3ccc(C(F)(F)F)cc3)[C@@H]2SC1. The van der Waals surface area contributed by atoms with Gasteiger partial charge >= 0.3 is 23.8 Å². The van der Waals surface area contributed by atoms with Gasteiger partial charge in [0.2, 0.25) is 5.91 Å². The number of nitrogens with one attached hydrogen (secondary N) is 2. The van der Waals surface area contributed by atoms with E-state index in [4.69, 9.17) is 0 Å². The first-order valence-electron chi connectivity index (χ1n) is 12.7. The first kappa shape index (κ1) is 30.6. The summed E-state index contributed by atoms with van der Waals surface area (Å²) in [6.45, 7) is -0.176. The Bertz CT molecular complexity index is 1660. The minimum atomic E-state index is -4.52. The molecule has 0 aliphatic carbocycles. The van der Waals surface area contributed by atoms with Gasteiger partial charge in [-0.05, 0) is 41.8 Å². The third kappa shape index (κ3) is 6.27. The Hall–Kier alpha value is -3.87. The molecule has 3 aromatic rings. The molecule has 4 atom stereocenters. The summed E-state index contributed by atoms with van der Waals surface area (Å²) >= 11 is 2.31. The van der Waals surface area contributed by atoms with E-state index in [0.29, 0.717) is 10.6 Å². The zero-order valence-corrected chi connectivity index (χ0v) is 23.4. The third-order valence-electron chi connectivity index (χ3n) is 6.88. The average molecular weight is 641 g/mol. The summed E-state index contributed by atoms with van der Waals surface area (Å²) in [5.41, 5.74) is -0.954. The van der Waals surface area contributed by atoms with Crippen LogP contribution in [0, 0.1) is 0 Å². The summed E-state index contributed by atoms with van der Waals surface area (Å²) < 4.78 is 39.5. The van der Waals surface area contributed by atoms with Gasteiger partial charge in [0.1, 0.15) is 22.1 Å². The number of hydrogen-bond donors (Lipinski definition) is 5.